The van der Waals surface area contributed by atoms with Crippen molar-refractivity contribution >= 4 is 34.1 Å². The summed E-state index contributed by atoms with van der Waals surface area (Å²) in [5.74, 6) is -0.637. The first kappa shape index (κ1) is 16.6. The van der Waals surface area contributed by atoms with E-state index in [1.54, 1.807) is 20.1 Å². The van der Waals surface area contributed by atoms with Gasteiger partial charge in [0, 0.05) is 28.9 Å². The predicted octanol–water partition coefficient (Wildman–Crippen LogP) is 0.716. The molecule has 0 spiro atoms. The maximum atomic E-state index is 11.6. The number of aryl methyl sites for hydroxylation is 1. The monoisotopic (exact) mass is 319 g/mol. The maximum Gasteiger partial charge on any atom is 0.347 e. The van der Waals surface area contributed by atoms with Crippen LogP contribution in [0.15, 0.2) is 0 Å². The first-order valence-corrected chi connectivity index (χ1v) is 8.38. The number of amides is 2. The molecule has 0 aromatic carbocycles. The van der Waals surface area contributed by atoms with Gasteiger partial charge in [-0.2, -0.15) is 0 Å². The first-order valence-electron chi connectivity index (χ1n) is 5.83. The number of rotatable bonds is 6. The van der Waals surface area contributed by atoms with E-state index in [9.17, 15) is 13.8 Å². The summed E-state index contributed by atoms with van der Waals surface area (Å²) in [5.41, 5.74) is 0.439. The number of aromatic nitrogens is 1. The predicted molar refractivity (Wildman–Crippen MR) is 77.6 cm³/mol. The Hall–Kier alpha value is -1.48. The van der Waals surface area contributed by atoms with Gasteiger partial charge in [-0.3, -0.25) is 4.21 Å². The van der Waals surface area contributed by atoms with Gasteiger partial charge in [-0.15, -0.1) is 11.3 Å². The van der Waals surface area contributed by atoms with E-state index in [0.29, 0.717) is 16.5 Å². The zero-order chi connectivity index (χ0) is 15.3. The van der Waals surface area contributed by atoms with Crippen LogP contribution in [0.2, 0.25) is 0 Å². The number of thiazole rings is 1. The number of hydrogen-bond donors (Lipinski definition) is 3. The molecule has 0 aliphatic rings. The van der Waals surface area contributed by atoms with Crippen LogP contribution < -0.4 is 10.6 Å². The van der Waals surface area contributed by atoms with Crippen molar-refractivity contribution in [2.24, 2.45) is 0 Å². The van der Waals surface area contributed by atoms with Gasteiger partial charge in [0.15, 0.2) is 0 Å². The largest absolute Gasteiger partial charge is 0.477 e. The van der Waals surface area contributed by atoms with Gasteiger partial charge in [-0.1, -0.05) is 0 Å². The van der Waals surface area contributed by atoms with Gasteiger partial charge in [-0.05, 0) is 13.8 Å². The Kier molecular flexibility index (Phi) is 6.08. The average molecular weight is 319 g/mol. The number of urea groups is 1. The fourth-order valence-corrected chi connectivity index (χ4v) is 3.18. The van der Waals surface area contributed by atoms with Gasteiger partial charge >= 0.3 is 12.0 Å². The molecule has 0 saturated carbocycles. The molecule has 0 aliphatic carbocycles. The normalized spacial score (nSPS) is 13.6. The van der Waals surface area contributed by atoms with Crippen molar-refractivity contribution in [3.63, 3.8) is 0 Å². The molecule has 3 N–H and O–H groups in total. The molecule has 9 heteroatoms. The van der Waals surface area contributed by atoms with E-state index >= 15 is 0 Å². The molecule has 0 radical (unpaired) electrons. The van der Waals surface area contributed by atoms with Gasteiger partial charge in [0.25, 0.3) is 0 Å². The minimum absolute atomic E-state index is 0.159. The second-order valence-electron chi connectivity index (χ2n) is 4.30. The zero-order valence-corrected chi connectivity index (χ0v) is 13.1. The highest BCUT2D eigenvalue weighted by Gasteiger charge is 2.14. The number of nitrogens with zero attached hydrogens (tertiary/aromatic N) is 1. The van der Waals surface area contributed by atoms with E-state index in [4.69, 9.17) is 5.11 Å². The minimum Gasteiger partial charge on any atom is -0.477 e. The second kappa shape index (κ2) is 7.34. The lowest BCUT2D eigenvalue weighted by molar-refractivity contribution is 0.0701. The molecule has 2 atom stereocenters. The number of carboxylic acid groups (broad SMARTS) is 1. The summed E-state index contributed by atoms with van der Waals surface area (Å²) in [4.78, 5) is 26.7. The van der Waals surface area contributed by atoms with E-state index in [1.807, 2.05) is 0 Å². The van der Waals surface area contributed by atoms with Crippen LogP contribution in [0.5, 0.6) is 0 Å². The van der Waals surface area contributed by atoms with Crippen molar-refractivity contribution < 1.29 is 18.9 Å². The van der Waals surface area contributed by atoms with Crippen molar-refractivity contribution in [1.82, 2.24) is 15.6 Å². The Morgan fingerprint density at radius 2 is 2.15 bits per heavy atom. The molecule has 0 aliphatic heterocycles. The number of carbonyl (C=O) groups excluding carboxylic acids is 1. The topological polar surface area (TPSA) is 108 Å². The molecule has 1 aromatic rings. The summed E-state index contributed by atoms with van der Waals surface area (Å²) in [5, 5.41) is 14.7. The third-order valence-corrected chi connectivity index (χ3v) is 4.41. The number of carbonyl (C=O) groups is 2. The molecule has 0 bridgehead atoms. The zero-order valence-electron chi connectivity index (χ0n) is 11.4. The van der Waals surface area contributed by atoms with Gasteiger partial charge in [0.2, 0.25) is 0 Å². The molecule has 7 nitrogen and oxygen atoms in total. The minimum atomic E-state index is -1.02. The van der Waals surface area contributed by atoms with Crippen molar-refractivity contribution in [3.8, 4) is 0 Å². The van der Waals surface area contributed by atoms with Gasteiger partial charge in [0.05, 0.1) is 12.2 Å². The smallest absolute Gasteiger partial charge is 0.347 e. The van der Waals surface area contributed by atoms with Crippen LogP contribution >= 0.6 is 11.3 Å². The molecule has 0 fully saturated rings. The quantitative estimate of drug-likeness (QED) is 0.716. The van der Waals surface area contributed by atoms with Crippen LogP contribution in [-0.2, 0) is 17.3 Å². The van der Waals surface area contributed by atoms with Gasteiger partial charge < -0.3 is 15.7 Å². The molecule has 1 aromatic heterocycles. The van der Waals surface area contributed by atoms with Crippen LogP contribution in [0.3, 0.4) is 0 Å². The van der Waals surface area contributed by atoms with Crippen molar-refractivity contribution in [1.29, 1.82) is 0 Å². The molecule has 20 heavy (non-hydrogen) atoms. The third-order valence-electron chi connectivity index (χ3n) is 2.30. The van der Waals surface area contributed by atoms with Crippen molar-refractivity contribution in [3.05, 3.63) is 15.6 Å². The number of carboxylic acids is 1. The van der Waals surface area contributed by atoms with Crippen molar-refractivity contribution in [2.75, 3.05) is 12.0 Å². The lowest BCUT2D eigenvalue weighted by atomic mass is 10.4. The molecule has 112 valence electrons. The van der Waals surface area contributed by atoms with Gasteiger partial charge in [0.1, 0.15) is 9.88 Å². The van der Waals surface area contributed by atoms with Crippen LogP contribution in [0.25, 0.3) is 0 Å². The summed E-state index contributed by atoms with van der Waals surface area (Å²) in [7, 11) is -0.975. The number of aromatic carboxylic acids is 1. The molecule has 1 heterocycles. The highest BCUT2D eigenvalue weighted by molar-refractivity contribution is 7.84. The molecule has 0 saturated heterocycles. The lowest BCUT2D eigenvalue weighted by Crippen LogP contribution is -2.42. The third kappa shape index (κ3) is 5.25. The van der Waals surface area contributed by atoms with Crippen molar-refractivity contribution in [2.45, 2.75) is 26.4 Å². The van der Waals surface area contributed by atoms with E-state index < -0.39 is 22.8 Å². The van der Waals surface area contributed by atoms with E-state index in [1.165, 1.54) is 0 Å². The molecule has 1 rings (SSSR count). The Morgan fingerprint density at radius 1 is 1.50 bits per heavy atom. The average Bonchev–Trinajstić information content (AvgIpc) is 2.66. The Bertz CT molecular complexity index is 530. The summed E-state index contributed by atoms with van der Waals surface area (Å²) in [6.45, 7) is 3.53. The highest BCUT2D eigenvalue weighted by atomic mass is 32.2. The Labute approximate surface area is 123 Å². The van der Waals surface area contributed by atoms with Crippen LogP contribution in [-0.4, -0.2) is 44.4 Å². The van der Waals surface area contributed by atoms with Crippen LogP contribution in [0.1, 0.15) is 27.3 Å². The van der Waals surface area contributed by atoms with Crippen LogP contribution in [0.4, 0.5) is 4.79 Å². The molecular weight excluding hydrogens is 302 g/mol. The lowest BCUT2D eigenvalue weighted by Gasteiger charge is -2.12. The molecule has 2 amide bonds. The SMILES string of the molecule is Cc1nc(CNC(=O)NC(C)CS(C)=O)sc1C(=O)O. The number of hydrogen-bond acceptors (Lipinski definition) is 5. The summed E-state index contributed by atoms with van der Waals surface area (Å²) in [6, 6.07) is -0.596. The number of nitrogens with one attached hydrogen (secondary N) is 2. The molecule has 2 unspecified atom stereocenters. The highest BCUT2D eigenvalue weighted by Crippen LogP contribution is 2.17. The van der Waals surface area contributed by atoms with E-state index in [-0.39, 0.29) is 17.5 Å². The fraction of sp³-hybridized carbons (Fsp3) is 0.545. The van der Waals surface area contributed by atoms with Crippen LogP contribution in [0, 0.1) is 6.92 Å². The summed E-state index contributed by atoms with van der Waals surface area (Å²) in [6.07, 6.45) is 1.57. The van der Waals surface area contributed by atoms with E-state index in [0.717, 1.165) is 11.3 Å². The summed E-state index contributed by atoms with van der Waals surface area (Å²) >= 11 is 1.04. The Morgan fingerprint density at radius 3 is 2.65 bits per heavy atom. The standard InChI is InChI=1S/C11H17N3O4S2/c1-6(5-20(3)18)13-11(17)12-4-8-14-7(2)9(19-8)10(15)16/h6H,4-5H2,1-3H3,(H,15,16)(H2,12,13,17). The maximum absolute atomic E-state index is 11.6. The Balaban J connectivity index is 2.47. The first-order chi connectivity index (χ1) is 9.29. The van der Waals surface area contributed by atoms with Gasteiger partial charge in [-0.25, -0.2) is 14.6 Å². The fourth-order valence-electron chi connectivity index (χ4n) is 1.55. The van der Waals surface area contributed by atoms with E-state index in [2.05, 4.69) is 15.6 Å². The summed E-state index contributed by atoms with van der Waals surface area (Å²) < 4.78 is 11.0. The molecular formula is C11H17N3O4S2. The second-order valence-corrected chi connectivity index (χ2v) is 6.86.